The Morgan fingerprint density at radius 2 is 1.96 bits per heavy atom. The van der Waals surface area contributed by atoms with Crippen LogP contribution in [-0.4, -0.2) is 39.5 Å². The molecule has 1 aromatic heterocycles. The Bertz CT molecular complexity index is 653. The number of aromatic nitrogens is 2. The van der Waals surface area contributed by atoms with Gasteiger partial charge in [0, 0.05) is 57.1 Å². The molecule has 1 aromatic rings. The van der Waals surface area contributed by atoms with Crippen molar-refractivity contribution < 1.29 is 4.79 Å². The maximum absolute atomic E-state index is 12.4. The van der Waals surface area contributed by atoms with Gasteiger partial charge in [-0.25, -0.2) is 9.97 Å². The highest BCUT2D eigenvalue weighted by molar-refractivity contribution is 6.30. The van der Waals surface area contributed by atoms with Gasteiger partial charge in [-0.1, -0.05) is 11.6 Å². The third-order valence-electron chi connectivity index (χ3n) is 4.64. The largest absolute Gasteiger partial charge is 0.343 e. The summed E-state index contributed by atoms with van der Waals surface area (Å²) < 4.78 is 0. The summed E-state index contributed by atoms with van der Waals surface area (Å²) in [6, 6.07) is 0. The predicted octanol–water partition coefficient (Wildman–Crippen LogP) is 3.19. The standard InChI is InChI=1S/C17H20ClN5O/c1-2-3-7-17(21-22-17)8-4-15(24)23-9-5-13(6-10-23)16-19-11-14(18)12-20-16/h1,11-13H,3-10H2. The summed E-state index contributed by atoms with van der Waals surface area (Å²) in [6.45, 7) is 1.47. The Labute approximate surface area is 146 Å². The number of hydrogen-bond acceptors (Lipinski definition) is 5. The maximum Gasteiger partial charge on any atom is 0.222 e. The minimum atomic E-state index is -0.377. The minimum absolute atomic E-state index is 0.169. The van der Waals surface area contributed by atoms with Crippen molar-refractivity contribution in [2.75, 3.05) is 13.1 Å². The number of rotatable bonds is 6. The van der Waals surface area contributed by atoms with Gasteiger partial charge in [-0.15, -0.1) is 12.3 Å². The molecule has 0 unspecified atom stereocenters. The number of carbonyl (C=O) groups is 1. The molecule has 2 aliphatic rings. The van der Waals surface area contributed by atoms with Crippen LogP contribution in [0.4, 0.5) is 0 Å². The van der Waals surface area contributed by atoms with Crippen LogP contribution in [0.2, 0.25) is 5.02 Å². The highest BCUT2D eigenvalue weighted by atomic mass is 35.5. The molecule has 0 aromatic carbocycles. The van der Waals surface area contributed by atoms with E-state index in [9.17, 15) is 4.79 Å². The average molecular weight is 346 g/mol. The van der Waals surface area contributed by atoms with E-state index in [1.54, 1.807) is 12.4 Å². The van der Waals surface area contributed by atoms with Gasteiger partial charge in [-0.05, 0) is 12.8 Å². The first kappa shape index (κ1) is 16.8. The lowest BCUT2D eigenvalue weighted by Crippen LogP contribution is -2.38. The molecule has 7 heteroatoms. The molecular weight excluding hydrogens is 326 g/mol. The molecule has 0 atom stereocenters. The fraction of sp³-hybridized carbons (Fsp3) is 0.588. The van der Waals surface area contributed by atoms with Crippen LogP contribution >= 0.6 is 11.6 Å². The van der Waals surface area contributed by atoms with Crippen LogP contribution in [0.1, 0.15) is 50.3 Å². The zero-order valence-electron chi connectivity index (χ0n) is 13.5. The fourth-order valence-corrected chi connectivity index (χ4v) is 3.15. The van der Waals surface area contributed by atoms with Crippen LogP contribution in [0.25, 0.3) is 0 Å². The van der Waals surface area contributed by atoms with Crippen molar-refractivity contribution >= 4 is 17.5 Å². The second-order valence-corrected chi connectivity index (χ2v) is 6.74. The first-order valence-corrected chi connectivity index (χ1v) is 8.62. The molecule has 3 heterocycles. The first-order valence-electron chi connectivity index (χ1n) is 8.25. The van der Waals surface area contributed by atoms with Gasteiger partial charge in [-0.3, -0.25) is 4.79 Å². The number of amides is 1. The smallest absolute Gasteiger partial charge is 0.222 e. The molecule has 0 spiro atoms. The molecule has 0 radical (unpaired) electrons. The van der Waals surface area contributed by atoms with E-state index in [1.165, 1.54) is 0 Å². The lowest BCUT2D eigenvalue weighted by atomic mass is 9.95. The van der Waals surface area contributed by atoms with Gasteiger partial charge < -0.3 is 4.90 Å². The van der Waals surface area contributed by atoms with E-state index in [0.29, 0.717) is 30.2 Å². The Morgan fingerprint density at radius 3 is 2.54 bits per heavy atom. The topological polar surface area (TPSA) is 70.8 Å². The third-order valence-corrected chi connectivity index (χ3v) is 4.84. The highest BCUT2D eigenvalue weighted by Gasteiger charge is 2.39. The zero-order valence-corrected chi connectivity index (χ0v) is 14.2. The van der Waals surface area contributed by atoms with Gasteiger partial charge in [0.1, 0.15) is 5.82 Å². The van der Waals surface area contributed by atoms with Gasteiger partial charge >= 0.3 is 0 Å². The number of hydrogen-bond donors (Lipinski definition) is 0. The van der Waals surface area contributed by atoms with Crippen LogP contribution in [0.3, 0.4) is 0 Å². The molecule has 0 bridgehead atoms. The van der Waals surface area contributed by atoms with Crippen molar-refractivity contribution in [3.8, 4) is 12.3 Å². The van der Waals surface area contributed by atoms with Crippen molar-refractivity contribution in [1.29, 1.82) is 0 Å². The normalized spacial score (nSPS) is 19.1. The van der Waals surface area contributed by atoms with Crippen LogP contribution in [0.5, 0.6) is 0 Å². The molecule has 1 fully saturated rings. The Kier molecular flexibility index (Phi) is 5.10. The Balaban J connectivity index is 1.44. The molecule has 6 nitrogen and oxygen atoms in total. The second kappa shape index (κ2) is 7.27. The monoisotopic (exact) mass is 345 g/mol. The SMILES string of the molecule is C#CCCC1(CCC(=O)N2CCC(c3ncc(Cl)cn3)CC2)N=N1. The average Bonchev–Trinajstić information content (AvgIpc) is 3.39. The Morgan fingerprint density at radius 1 is 1.29 bits per heavy atom. The summed E-state index contributed by atoms with van der Waals surface area (Å²) in [4.78, 5) is 22.9. The number of terminal acetylenes is 1. The molecule has 126 valence electrons. The summed E-state index contributed by atoms with van der Waals surface area (Å²) in [5.41, 5.74) is -0.377. The van der Waals surface area contributed by atoms with E-state index in [-0.39, 0.29) is 11.6 Å². The number of carbonyl (C=O) groups excluding carboxylic acids is 1. The van der Waals surface area contributed by atoms with Crippen LogP contribution < -0.4 is 0 Å². The molecule has 1 saturated heterocycles. The summed E-state index contributed by atoms with van der Waals surface area (Å²) in [6.07, 6.45) is 12.8. The van der Waals surface area contributed by atoms with Crippen LogP contribution in [-0.2, 0) is 4.79 Å². The van der Waals surface area contributed by atoms with E-state index in [1.807, 2.05) is 4.90 Å². The van der Waals surface area contributed by atoms with Crippen molar-refractivity contribution in [2.45, 2.75) is 50.1 Å². The molecular formula is C17H20ClN5O. The van der Waals surface area contributed by atoms with Gasteiger partial charge in [0.05, 0.1) is 5.02 Å². The van der Waals surface area contributed by atoms with Crippen molar-refractivity contribution in [3.05, 3.63) is 23.2 Å². The van der Waals surface area contributed by atoms with Crippen LogP contribution in [0.15, 0.2) is 22.6 Å². The quantitative estimate of drug-likeness (QED) is 0.743. The summed E-state index contributed by atoms with van der Waals surface area (Å²) in [5.74, 6) is 3.88. The Hall–Kier alpha value is -2.00. The maximum atomic E-state index is 12.4. The molecule has 0 N–H and O–H groups in total. The van der Waals surface area contributed by atoms with E-state index in [4.69, 9.17) is 18.0 Å². The van der Waals surface area contributed by atoms with E-state index < -0.39 is 0 Å². The summed E-state index contributed by atoms with van der Waals surface area (Å²) in [5, 5.41) is 8.70. The fourth-order valence-electron chi connectivity index (χ4n) is 3.05. The van der Waals surface area contributed by atoms with Crippen molar-refractivity contribution in [3.63, 3.8) is 0 Å². The second-order valence-electron chi connectivity index (χ2n) is 6.30. The lowest BCUT2D eigenvalue weighted by molar-refractivity contribution is -0.132. The molecule has 2 aliphatic heterocycles. The number of piperidine rings is 1. The number of likely N-dealkylation sites (tertiary alicyclic amines) is 1. The molecule has 3 rings (SSSR count). The van der Waals surface area contributed by atoms with Gasteiger partial charge in [0.25, 0.3) is 0 Å². The minimum Gasteiger partial charge on any atom is -0.343 e. The van der Waals surface area contributed by atoms with Gasteiger partial charge in [-0.2, -0.15) is 10.2 Å². The number of halogens is 1. The van der Waals surface area contributed by atoms with Gasteiger partial charge in [0.2, 0.25) is 5.91 Å². The van der Waals surface area contributed by atoms with E-state index >= 15 is 0 Å². The highest BCUT2D eigenvalue weighted by Crippen LogP contribution is 2.38. The predicted molar refractivity (Wildman–Crippen MR) is 90.5 cm³/mol. The number of nitrogens with zero attached hydrogens (tertiary/aromatic N) is 5. The van der Waals surface area contributed by atoms with Crippen molar-refractivity contribution in [1.82, 2.24) is 14.9 Å². The van der Waals surface area contributed by atoms with Crippen molar-refractivity contribution in [2.24, 2.45) is 10.2 Å². The molecule has 24 heavy (non-hydrogen) atoms. The zero-order chi connectivity index (χ0) is 17.0. The lowest BCUT2D eigenvalue weighted by Gasteiger charge is -2.31. The molecule has 0 aliphatic carbocycles. The third kappa shape index (κ3) is 4.09. The van der Waals surface area contributed by atoms with Crippen LogP contribution in [0, 0.1) is 12.3 Å². The molecule has 1 amide bonds. The first-order chi connectivity index (χ1) is 11.6. The van der Waals surface area contributed by atoms with E-state index in [2.05, 4.69) is 26.1 Å². The summed E-state index contributed by atoms with van der Waals surface area (Å²) >= 11 is 5.82. The molecule has 0 saturated carbocycles. The van der Waals surface area contributed by atoms with Gasteiger partial charge in [0.15, 0.2) is 5.66 Å². The summed E-state index contributed by atoms with van der Waals surface area (Å²) in [7, 11) is 0. The van der Waals surface area contributed by atoms with E-state index in [0.717, 1.165) is 38.2 Å².